The molecule has 0 aliphatic carbocycles. The summed E-state index contributed by atoms with van der Waals surface area (Å²) in [5.74, 6) is 0.0599. The Balaban J connectivity index is 2.24. The third kappa shape index (κ3) is 4.19. The number of aliphatic hydroxyl groups is 2. The maximum absolute atomic E-state index is 12.0. The fraction of sp³-hybridized carbons (Fsp3) is 0.667. The summed E-state index contributed by atoms with van der Waals surface area (Å²) in [6, 6.07) is 0. The molecule has 0 spiro atoms. The van der Waals surface area contributed by atoms with Gasteiger partial charge < -0.3 is 39.6 Å². The Morgan fingerprint density at radius 2 is 2.12 bits per heavy atom. The second kappa shape index (κ2) is 7.28. The molecule has 0 amide bonds. The van der Waals surface area contributed by atoms with Gasteiger partial charge in [-0.3, -0.25) is 4.57 Å². The van der Waals surface area contributed by atoms with E-state index >= 15 is 0 Å². The van der Waals surface area contributed by atoms with Crippen LogP contribution in [0.15, 0.2) is 11.0 Å². The van der Waals surface area contributed by atoms with Crippen LogP contribution in [0.5, 0.6) is 0 Å². The summed E-state index contributed by atoms with van der Waals surface area (Å²) in [4.78, 5) is 36.6. The van der Waals surface area contributed by atoms with Crippen molar-refractivity contribution in [2.75, 3.05) is 12.3 Å². The summed E-state index contributed by atoms with van der Waals surface area (Å²) >= 11 is 0. The Hall–Kier alpha value is -1.33. The number of nitrogens with two attached hydrogens (primary N) is 1. The van der Waals surface area contributed by atoms with E-state index in [9.17, 15) is 29.4 Å². The van der Waals surface area contributed by atoms with Crippen LogP contribution in [0.1, 0.15) is 25.1 Å². The number of aliphatic hydroxyl groups excluding tert-OH is 2. The predicted molar refractivity (Wildman–Crippen MR) is 76.4 cm³/mol. The molecule has 1 aromatic heterocycles. The van der Waals surface area contributed by atoms with Crippen molar-refractivity contribution in [1.82, 2.24) is 9.55 Å². The van der Waals surface area contributed by atoms with Crippen LogP contribution < -0.4 is 21.2 Å². The van der Waals surface area contributed by atoms with E-state index in [4.69, 9.17) is 10.5 Å². The summed E-state index contributed by atoms with van der Waals surface area (Å²) in [7, 11) is -5.26. The lowest BCUT2D eigenvalue weighted by molar-refractivity contribution is -0.343. The van der Waals surface area contributed by atoms with Gasteiger partial charge in [0.15, 0.2) is 6.23 Å². The Bertz CT molecular complexity index is 689. The first-order valence-electron chi connectivity index (χ1n) is 7.19. The maximum Gasteiger partial charge on any atom is 0.351 e. The fourth-order valence-corrected chi connectivity index (χ4v) is 2.76. The van der Waals surface area contributed by atoms with Crippen molar-refractivity contribution in [2.45, 2.75) is 44.3 Å². The van der Waals surface area contributed by atoms with Crippen LogP contribution in [-0.2, 0) is 20.2 Å². The minimum Gasteiger partial charge on any atom is -0.790 e. The molecule has 2 rings (SSSR count). The van der Waals surface area contributed by atoms with Crippen LogP contribution in [-0.4, -0.2) is 44.7 Å². The highest BCUT2D eigenvalue weighted by Crippen LogP contribution is 2.32. The highest BCUT2D eigenvalue weighted by Gasteiger charge is 2.44. The van der Waals surface area contributed by atoms with Gasteiger partial charge in [-0.25, -0.2) is 4.79 Å². The summed E-state index contributed by atoms with van der Waals surface area (Å²) in [6.07, 6.45) is -3.09. The van der Waals surface area contributed by atoms with Crippen LogP contribution in [0, 0.1) is 0 Å². The number of hydrogen-bond donors (Lipinski definition) is 3. The Morgan fingerprint density at radius 3 is 2.71 bits per heavy atom. The van der Waals surface area contributed by atoms with E-state index in [1.807, 2.05) is 6.92 Å². The molecule has 0 saturated carbocycles. The number of hydrogen-bond acceptors (Lipinski definition) is 10. The highest BCUT2D eigenvalue weighted by atomic mass is 31.2. The molecule has 4 atom stereocenters. The molecule has 0 bridgehead atoms. The SMILES string of the molecule is CCCc1cn(C2OC(COP(=O)([O-])[O-])C(O)C2O)c(=O)nc1N. The van der Waals surface area contributed by atoms with Crippen molar-refractivity contribution >= 4 is 13.6 Å². The summed E-state index contributed by atoms with van der Waals surface area (Å²) < 4.78 is 20.8. The summed E-state index contributed by atoms with van der Waals surface area (Å²) in [6.45, 7) is 1.12. The number of rotatable bonds is 6. The zero-order valence-corrected chi connectivity index (χ0v) is 13.7. The van der Waals surface area contributed by atoms with Crippen LogP contribution in [0.3, 0.4) is 0 Å². The van der Waals surface area contributed by atoms with Gasteiger partial charge >= 0.3 is 5.69 Å². The normalized spacial score (nSPS) is 27.5. The number of ether oxygens (including phenoxy) is 1. The van der Waals surface area contributed by atoms with Crippen molar-refractivity contribution < 1.29 is 33.8 Å². The lowest BCUT2D eigenvalue weighted by Crippen LogP contribution is -2.36. The number of phosphoric ester groups is 1. The lowest BCUT2D eigenvalue weighted by Gasteiger charge is -2.30. The van der Waals surface area contributed by atoms with E-state index in [-0.39, 0.29) is 5.82 Å². The standard InChI is InChI=1S/C12H20N3O8P/c1-2-3-6-4-15(12(18)14-10(6)13)11-9(17)8(16)7(23-11)5-22-24(19,20)21/h4,7-9,11,16-17H,2-3,5H2,1H3,(H2,13,14,18)(H2,19,20,21)/p-2. The van der Waals surface area contributed by atoms with E-state index in [0.717, 1.165) is 11.0 Å². The average Bonchev–Trinajstić information content (AvgIpc) is 2.75. The summed E-state index contributed by atoms with van der Waals surface area (Å²) in [5, 5.41) is 19.9. The molecule has 1 aliphatic heterocycles. The molecule has 1 aromatic rings. The van der Waals surface area contributed by atoms with E-state index in [0.29, 0.717) is 12.0 Å². The molecule has 24 heavy (non-hydrogen) atoms. The Morgan fingerprint density at radius 1 is 1.46 bits per heavy atom. The summed E-state index contributed by atoms with van der Waals surface area (Å²) in [5.41, 5.74) is 5.42. The van der Waals surface area contributed by atoms with Crippen LogP contribution >= 0.6 is 7.82 Å². The zero-order valence-electron chi connectivity index (χ0n) is 12.8. The molecule has 4 unspecified atom stereocenters. The third-order valence-corrected chi connectivity index (χ3v) is 4.05. The minimum absolute atomic E-state index is 0.0599. The van der Waals surface area contributed by atoms with Gasteiger partial charge in [0.05, 0.1) is 14.4 Å². The number of anilines is 1. The third-order valence-electron chi connectivity index (χ3n) is 3.59. The molecule has 0 radical (unpaired) electrons. The number of aryl methyl sites for hydroxylation is 1. The monoisotopic (exact) mass is 363 g/mol. The van der Waals surface area contributed by atoms with Gasteiger partial charge in [-0.2, -0.15) is 4.98 Å². The first-order valence-corrected chi connectivity index (χ1v) is 8.65. The van der Waals surface area contributed by atoms with Gasteiger partial charge in [0.1, 0.15) is 24.1 Å². The first-order chi connectivity index (χ1) is 11.1. The molecule has 4 N–H and O–H groups in total. The fourth-order valence-electron chi connectivity index (χ4n) is 2.43. The molecule has 0 aromatic carbocycles. The Labute approximate surface area is 136 Å². The van der Waals surface area contributed by atoms with Crippen LogP contribution in [0.25, 0.3) is 0 Å². The number of phosphoric acid groups is 1. The maximum atomic E-state index is 12.0. The lowest BCUT2D eigenvalue weighted by atomic mass is 10.1. The topological polar surface area (TPSA) is 183 Å². The highest BCUT2D eigenvalue weighted by molar-refractivity contribution is 7.43. The zero-order chi connectivity index (χ0) is 18.1. The molecule has 12 heteroatoms. The first kappa shape index (κ1) is 19.0. The number of aromatic nitrogens is 2. The van der Waals surface area contributed by atoms with Crippen LogP contribution in [0.4, 0.5) is 5.82 Å². The molecular weight excluding hydrogens is 345 g/mol. The smallest absolute Gasteiger partial charge is 0.351 e. The number of nitrogen functional groups attached to an aromatic ring is 1. The van der Waals surface area contributed by atoms with Gasteiger partial charge in [0.25, 0.3) is 0 Å². The van der Waals surface area contributed by atoms with Crippen molar-refractivity contribution in [2.24, 2.45) is 0 Å². The van der Waals surface area contributed by atoms with E-state index in [2.05, 4.69) is 9.51 Å². The second-order valence-electron chi connectivity index (χ2n) is 5.38. The minimum atomic E-state index is -5.26. The largest absolute Gasteiger partial charge is 0.790 e. The van der Waals surface area contributed by atoms with Gasteiger partial charge in [-0.1, -0.05) is 13.3 Å². The predicted octanol–water partition coefficient (Wildman–Crippen LogP) is -2.76. The second-order valence-corrected chi connectivity index (χ2v) is 6.53. The quantitative estimate of drug-likeness (QED) is 0.447. The van der Waals surface area contributed by atoms with Crippen molar-refractivity contribution in [3.63, 3.8) is 0 Å². The van der Waals surface area contributed by atoms with Gasteiger partial charge in [0.2, 0.25) is 0 Å². The van der Waals surface area contributed by atoms with E-state index in [1.165, 1.54) is 6.20 Å². The van der Waals surface area contributed by atoms with E-state index in [1.54, 1.807) is 0 Å². The van der Waals surface area contributed by atoms with Gasteiger partial charge in [0, 0.05) is 11.8 Å². The van der Waals surface area contributed by atoms with Crippen molar-refractivity contribution in [3.8, 4) is 0 Å². The van der Waals surface area contributed by atoms with Crippen LogP contribution in [0.2, 0.25) is 0 Å². The van der Waals surface area contributed by atoms with Gasteiger partial charge in [-0.05, 0) is 6.42 Å². The number of nitrogens with zero attached hydrogens (tertiary/aromatic N) is 2. The van der Waals surface area contributed by atoms with E-state index < -0.39 is 44.7 Å². The van der Waals surface area contributed by atoms with Gasteiger partial charge in [-0.15, -0.1) is 0 Å². The van der Waals surface area contributed by atoms with Crippen molar-refractivity contribution in [3.05, 3.63) is 22.2 Å². The average molecular weight is 363 g/mol. The molecule has 11 nitrogen and oxygen atoms in total. The molecule has 1 fully saturated rings. The molecular formula is C12H18N3O8P-2. The molecule has 2 heterocycles. The van der Waals surface area contributed by atoms with Crippen molar-refractivity contribution in [1.29, 1.82) is 0 Å². The molecule has 1 aliphatic rings. The molecule has 136 valence electrons. The molecule has 1 saturated heterocycles. The Kier molecular flexibility index (Phi) is 5.76.